The Bertz CT molecular complexity index is 617. The van der Waals surface area contributed by atoms with Crippen molar-refractivity contribution in [1.29, 1.82) is 0 Å². The summed E-state index contributed by atoms with van der Waals surface area (Å²) in [4.78, 5) is 7.99. The van der Waals surface area contributed by atoms with Gasteiger partial charge in [-0.05, 0) is 36.2 Å². The van der Waals surface area contributed by atoms with Gasteiger partial charge in [0, 0.05) is 16.6 Å². The SMILES string of the molecule is CC.Cc1nc(Cl)nc(NCc2ccc(Cl)cc2Cl)c1Cl. The van der Waals surface area contributed by atoms with E-state index in [2.05, 4.69) is 15.3 Å². The first-order chi connectivity index (χ1) is 9.97. The van der Waals surface area contributed by atoms with Gasteiger partial charge in [-0.15, -0.1) is 0 Å². The van der Waals surface area contributed by atoms with Crippen molar-refractivity contribution in [2.24, 2.45) is 0 Å². The zero-order valence-electron chi connectivity index (χ0n) is 11.8. The van der Waals surface area contributed by atoms with Crippen LogP contribution in [0.5, 0.6) is 0 Å². The molecule has 0 atom stereocenters. The van der Waals surface area contributed by atoms with Crippen LogP contribution in [0.15, 0.2) is 18.2 Å². The number of nitrogens with one attached hydrogen (secondary N) is 1. The fourth-order valence-electron chi connectivity index (χ4n) is 1.49. The van der Waals surface area contributed by atoms with E-state index >= 15 is 0 Å². The lowest BCUT2D eigenvalue weighted by molar-refractivity contribution is 1.05. The molecule has 1 N–H and O–H groups in total. The highest BCUT2D eigenvalue weighted by molar-refractivity contribution is 6.35. The Morgan fingerprint density at radius 2 is 1.71 bits per heavy atom. The summed E-state index contributed by atoms with van der Waals surface area (Å²) in [6, 6.07) is 5.28. The maximum absolute atomic E-state index is 6.10. The minimum Gasteiger partial charge on any atom is -0.365 e. The van der Waals surface area contributed by atoms with Crippen molar-refractivity contribution in [2.45, 2.75) is 27.3 Å². The van der Waals surface area contributed by atoms with Gasteiger partial charge in [-0.2, -0.15) is 4.98 Å². The van der Waals surface area contributed by atoms with Gasteiger partial charge in [-0.3, -0.25) is 0 Å². The molecule has 1 aromatic heterocycles. The van der Waals surface area contributed by atoms with E-state index < -0.39 is 0 Å². The molecule has 0 spiro atoms. The number of hydrogen-bond donors (Lipinski definition) is 1. The highest BCUT2D eigenvalue weighted by Gasteiger charge is 2.09. The molecule has 1 aromatic carbocycles. The standard InChI is InChI=1S/C12H9Cl4N3.C2H6/c1-6-10(15)11(19-12(16)18-6)17-5-7-2-3-8(13)4-9(7)14;1-2/h2-4H,5H2,1H3,(H,17,18,19);1-2H3. The lowest BCUT2D eigenvalue weighted by Gasteiger charge is -2.10. The average Bonchev–Trinajstić information content (AvgIpc) is 2.45. The predicted octanol–water partition coefficient (Wildman–Crippen LogP) is 6.04. The van der Waals surface area contributed by atoms with Crippen LogP contribution in [-0.2, 0) is 6.54 Å². The third kappa shape index (κ3) is 5.19. The van der Waals surface area contributed by atoms with Crippen LogP contribution in [0.25, 0.3) is 0 Å². The van der Waals surface area contributed by atoms with Crippen molar-refractivity contribution in [3.05, 3.63) is 49.8 Å². The Kier molecular flexibility index (Phi) is 7.53. The highest BCUT2D eigenvalue weighted by atomic mass is 35.5. The van der Waals surface area contributed by atoms with Crippen molar-refractivity contribution in [2.75, 3.05) is 5.32 Å². The molecule has 0 fully saturated rings. The van der Waals surface area contributed by atoms with Crippen LogP contribution >= 0.6 is 46.4 Å². The minimum atomic E-state index is 0.145. The Morgan fingerprint density at radius 3 is 2.33 bits per heavy atom. The molecule has 0 radical (unpaired) electrons. The summed E-state index contributed by atoms with van der Waals surface area (Å²) >= 11 is 23.8. The van der Waals surface area contributed by atoms with Crippen LogP contribution in [0.1, 0.15) is 25.1 Å². The van der Waals surface area contributed by atoms with Crippen LogP contribution in [-0.4, -0.2) is 9.97 Å². The number of rotatable bonds is 3. The monoisotopic (exact) mass is 365 g/mol. The Hall–Kier alpha value is -0.740. The molecule has 21 heavy (non-hydrogen) atoms. The maximum Gasteiger partial charge on any atom is 0.224 e. The van der Waals surface area contributed by atoms with Crippen LogP contribution in [0.4, 0.5) is 5.82 Å². The molecular weight excluding hydrogens is 352 g/mol. The van der Waals surface area contributed by atoms with Crippen LogP contribution in [0.3, 0.4) is 0 Å². The van der Waals surface area contributed by atoms with Crippen molar-refractivity contribution < 1.29 is 0 Å². The lowest BCUT2D eigenvalue weighted by Crippen LogP contribution is -2.04. The van der Waals surface area contributed by atoms with Crippen molar-refractivity contribution >= 4 is 52.2 Å². The van der Waals surface area contributed by atoms with E-state index in [1.807, 2.05) is 19.9 Å². The van der Waals surface area contributed by atoms with Crippen LogP contribution in [0.2, 0.25) is 20.4 Å². The zero-order chi connectivity index (χ0) is 16.0. The fourth-order valence-corrected chi connectivity index (χ4v) is 2.32. The number of anilines is 1. The number of aromatic nitrogens is 2. The van der Waals surface area contributed by atoms with E-state index in [9.17, 15) is 0 Å². The summed E-state index contributed by atoms with van der Waals surface area (Å²) in [5.41, 5.74) is 1.50. The second kappa shape index (κ2) is 8.64. The van der Waals surface area contributed by atoms with Gasteiger partial charge in [0.25, 0.3) is 0 Å². The Morgan fingerprint density at radius 1 is 1.05 bits per heavy atom. The molecule has 114 valence electrons. The summed E-state index contributed by atoms with van der Waals surface area (Å²) in [6.45, 7) is 6.22. The number of benzene rings is 1. The van der Waals surface area contributed by atoms with Crippen molar-refractivity contribution in [1.82, 2.24) is 9.97 Å². The summed E-state index contributed by atoms with van der Waals surface area (Å²) in [6.07, 6.45) is 0. The van der Waals surface area contributed by atoms with Crippen LogP contribution < -0.4 is 5.32 Å². The molecule has 3 nitrogen and oxygen atoms in total. The van der Waals surface area contributed by atoms with E-state index in [1.54, 1.807) is 19.1 Å². The summed E-state index contributed by atoms with van der Waals surface area (Å²) in [5.74, 6) is 0.477. The molecule has 0 aliphatic heterocycles. The molecule has 0 aliphatic carbocycles. The molecule has 0 amide bonds. The number of hydrogen-bond acceptors (Lipinski definition) is 3. The van der Waals surface area contributed by atoms with Crippen molar-refractivity contribution in [3.63, 3.8) is 0 Å². The molecule has 2 aromatic rings. The first-order valence-electron chi connectivity index (χ1n) is 6.35. The zero-order valence-corrected chi connectivity index (χ0v) is 14.9. The van der Waals surface area contributed by atoms with Gasteiger partial charge in [0.15, 0.2) is 0 Å². The molecule has 0 saturated heterocycles. The minimum absolute atomic E-state index is 0.145. The van der Waals surface area contributed by atoms with Gasteiger partial charge >= 0.3 is 0 Å². The Labute approximate surface area is 144 Å². The van der Waals surface area contributed by atoms with E-state index in [4.69, 9.17) is 46.4 Å². The topological polar surface area (TPSA) is 37.8 Å². The second-order valence-corrected chi connectivity index (χ2v) is 5.39. The summed E-state index contributed by atoms with van der Waals surface area (Å²) in [7, 11) is 0. The molecule has 2 rings (SSSR count). The van der Waals surface area contributed by atoms with Gasteiger partial charge in [-0.1, -0.05) is 54.7 Å². The van der Waals surface area contributed by atoms with Gasteiger partial charge in [-0.25, -0.2) is 4.98 Å². The molecule has 0 saturated carbocycles. The largest absolute Gasteiger partial charge is 0.365 e. The van der Waals surface area contributed by atoms with Gasteiger partial charge in [0.2, 0.25) is 5.28 Å². The van der Waals surface area contributed by atoms with Crippen LogP contribution in [0, 0.1) is 6.92 Å². The average molecular weight is 367 g/mol. The second-order valence-electron chi connectivity index (χ2n) is 3.83. The van der Waals surface area contributed by atoms with Gasteiger partial charge < -0.3 is 5.32 Å². The summed E-state index contributed by atoms with van der Waals surface area (Å²) in [5, 5.41) is 4.83. The number of nitrogens with zero attached hydrogens (tertiary/aromatic N) is 2. The van der Waals surface area contributed by atoms with E-state index in [1.165, 1.54) is 0 Å². The molecular formula is C14H15Cl4N3. The summed E-state index contributed by atoms with van der Waals surface area (Å²) < 4.78 is 0. The number of aryl methyl sites for hydroxylation is 1. The lowest BCUT2D eigenvalue weighted by atomic mass is 10.2. The van der Waals surface area contributed by atoms with Crippen molar-refractivity contribution in [3.8, 4) is 0 Å². The highest BCUT2D eigenvalue weighted by Crippen LogP contribution is 2.26. The van der Waals surface area contributed by atoms with E-state index in [0.29, 0.717) is 33.1 Å². The predicted molar refractivity (Wildman–Crippen MR) is 91.9 cm³/mol. The maximum atomic E-state index is 6.10. The van der Waals surface area contributed by atoms with E-state index in [0.717, 1.165) is 5.56 Å². The molecule has 7 heteroatoms. The number of halogens is 4. The normalized spacial score (nSPS) is 9.86. The smallest absolute Gasteiger partial charge is 0.224 e. The van der Waals surface area contributed by atoms with E-state index in [-0.39, 0.29) is 5.28 Å². The fraction of sp³-hybridized carbons (Fsp3) is 0.286. The Balaban J connectivity index is 0.00000106. The van der Waals surface area contributed by atoms with Gasteiger partial charge in [0.05, 0.1) is 5.69 Å². The molecule has 0 unspecified atom stereocenters. The van der Waals surface area contributed by atoms with Gasteiger partial charge in [0.1, 0.15) is 10.8 Å². The third-order valence-electron chi connectivity index (χ3n) is 2.45. The molecule has 0 bridgehead atoms. The first-order valence-corrected chi connectivity index (χ1v) is 7.86. The first kappa shape index (κ1) is 18.3. The quantitative estimate of drug-likeness (QED) is 0.673. The molecule has 1 heterocycles. The molecule has 0 aliphatic rings. The third-order valence-corrected chi connectivity index (χ3v) is 3.66.